The minimum Gasteiger partial charge on any atom is -0.493 e. The second-order valence-corrected chi connectivity index (χ2v) is 9.03. The maximum atomic E-state index is 14.0. The van der Waals surface area contributed by atoms with Gasteiger partial charge in [0, 0.05) is 24.7 Å². The number of rotatable bonds is 1. The van der Waals surface area contributed by atoms with Crippen molar-refractivity contribution in [3.8, 4) is 17.2 Å². The molecule has 0 spiro atoms. The second kappa shape index (κ2) is 10.9. The van der Waals surface area contributed by atoms with Gasteiger partial charge in [0.2, 0.25) is 0 Å². The number of para-hydroxylation sites is 1. The van der Waals surface area contributed by atoms with Gasteiger partial charge in [-0.25, -0.2) is 9.07 Å². The summed E-state index contributed by atoms with van der Waals surface area (Å²) in [6, 6.07) is 10.00. The Hall–Kier alpha value is -3.66. The van der Waals surface area contributed by atoms with E-state index in [0.717, 1.165) is 31.4 Å². The molecule has 0 radical (unpaired) electrons. The van der Waals surface area contributed by atoms with Crippen LogP contribution in [0.5, 0.6) is 17.2 Å². The summed E-state index contributed by atoms with van der Waals surface area (Å²) in [5.74, 6) is 0.824. The number of carbonyl (C=O) groups is 1. The predicted octanol–water partition coefficient (Wildman–Crippen LogP) is 3.18. The van der Waals surface area contributed by atoms with Crippen LogP contribution in [0.2, 0.25) is 0 Å². The van der Waals surface area contributed by atoms with Gasteiger partial charge in [-0.2, -0.15) is 0 Å². The quantitative estimate of drug-likeness (QED) is 0.555. The molecule has 2 aliphatic heterocycles. The third kappa shape index (κ3) is 5.43. The number of carbonyl (C=O) groups excluding carboxylic acids is 1. The Morgan fingerprint density at radius 2 is 2.08 bits per heavy atom. The van der Waals surface area contributed by atoms with Crippen molar-refractivity contribution in [3.63, 3.8) is 0 Å². The average Bonchev–Trinajstić information content (AvgIpc) is 3.35. The maximum Gasteiger partial charge on any atom is 0.255 e. The van der Waals surface area contributed by atoms with Gasteiger partial charge < -0.3 is 19.5 Å². The number of nitrogens with zero attached hydrogens (tertiary/aromatic N) is 4. The molecule has 5 rings (SSSR count). The lowest BCUT2D eigenvalue weighted by Gasteiger charge is -2.36. The van der Waals surface area contributed by atoms with Crippen molar-refractivity contribution in [1.82, 2.24) is 25.2 Å². The number of amides is 1. The van der Waals surface area contributed by atoms with E-state index in [2.05, 4.69) is 20.5 Å². The molecule has 9 nitrogen and oxygen atoms in total. The third-order valence-corrected chi connectivity index (χ3v) is 6.62. The fraction of sp³-hybridized carbons (Fsp3) is 0.423. The SMILES string of the molecule is COc1cccc2c1OCc1cn(nn1)CCOc1ccc(F)cc1C(=O)NCC1CCCCN1C2. The zero-order chi connectivity index (χ0) is 24.9. The first-order valence-electron chi connectivity index (χ1n) is 12.2. The summed E-state index contributed by atoms with van der Waals surface area (Å²) in [5.41, 5.74) is 1.86. The fourth-order valence-corrected chi connectivity index (χ4v) is 4.75. The van der Waals surface area contributed by atoms with Crippen LogP contribution in [0.3, 0.4) is 0 Å². The van der Waals surface area contributed by atoms with Crippen LogP contribution in [-0.4, -0.2) is 58.6 Å². The van der Waals surface area contributed by atoms with Crippen LogP contribution in [0.1, 0.15) is 40.9 Å². The van der Waals surface area contributed by atoms with Crippen LogP contribution >= 0.6 is 0 Å². The highest BCUT2D eigenvalue weighted by atomic mass is 19.1. The van der Waals surface area contributed by atoms with Crippen LogP contribution in [0.15, 0.2) is 42.6 Å². The first kappa shape index (κ1) is 24.1. The lowest BCUT2D eigenvalue weighted by molar-refractivity contribution is 0.0901. The van der Waals surface area contributed by atoms with Crippen molar-refractivity contribution in [2.24, 2.45) is 0 Å². The Bertz CT molecular complexity index is 1220. The molecule has 2 aliphatic rings. The highest BCUT2D eigenvalue weighted by Crippen LogP contribution is 2.34. The maximum absolute atomic E-state index is 14.0. The van der Waals surface area contributed by atoms with Crippen LogP contribution in [0.4, 0.5) is 4.39 Å². The zero-order valence-electron chi connectivity index (χ0n) is 20.3. The van der Waals surface area contributed by atoms with E-state index in [1.165, 1.54) is 18.2 Å². The molecule has 1 saturated heterocycles. The van der Waals surface area contributed by atoms with Gasteiger partial charge in [0.05, 0.1) is 25.4 Å². The highest BCUT2D eigenvalue weighted by molar-refractivity contribution is 5.97. The smallest absolute Gasteiger partial charge is 0.255 e. The molecular formula is C26H30FN5O4. The molecule has 1 atom stereocenters. The Balaban J connectivity index is 1.46. The number of benzene rings is 2. The highest BCUT2D eigenvalue weighted by Gasteiger charge is 2.26. The molecule has 1 aromatic heterocycles. The summed E-state index contributed by atoms with van der Waals surface area (Å²) in [7, 11) is 1.63. The van der Waals surface area contributed by atoms with E-state index < -0.39 is 5.82 Å². The van der Waals surface area contributed by atoms with Gasteiger partial charge in [-0.3, -0.25) is 9.69 Å². The molecule has 1 N–H and O–H groups in total. The van der Waals surface area contributed by atoms with Crippen molar-refractivity contribution in [2.45, 2.75) is 45.0 Å². The van der Waals surface area contributed by atoms with E-state index >= 15 is 0 Å². The topological polar surface area (TPSA) is 90.7 Å². The molecule has 0 saturated carbocycles. The van der Waals surface area contributed by atoms with E-state index in [1.54, 1.807) is 18.0 Å². The number of aromatic nitrogens is 3. The van der Waals surface area contributed by atoms with E-state index in [9.17, 15) is 9.18 Å². The summed E-state index contributed by atoms with van der Waals surface area (Å²) in [6.45, 7) is 2.89. The second-order valence-electron chi connectivity index (χ2n) is 9.03. The number of ether oxygens (including phenoxy) is 3. The van der Waals surface area contributed by atoms with E-state index in [4.69, 9.17) is 14.2 Å². The van der Waals surface area contributed by atoms with Gasteiger partial charge in [0.25, 0.3) is 5.91 Å². The van der Waals surface area contributed by atoms with E-state index in [-0.39, 0.29) is 30.7 Å². The number of piperidine rings is 1. The summed E-state index contributed by atoms with van der Waals surface area (Å²) in [4.78, 5) is 15.4. The lowest BCUT2D eigenvalue weighted by Crippen LogP contribution is -2.46. The zero-order valence-corrected chi connectivity index (χ0v) is 20.3. The van der Waals surface area contributed by atoms with Crippen molar-refractivity contribution >= 4 is 5.91 Å². The molecular weight excluding hydrogens is 465 g/mol. The number of hydrogen-bond donors (Lipinski definition) is 1. The van der Waals surface area contributed by atoms with Gasteiger partial charge in [0.1, 0.15) is 30.5 Å². The monoisotopic (exact) mass is 495 g/mol. The summed E-state index contributed by atoms with van der Waals surface area (Å²) >= 11 is 0. The first-order chi connectivity index (χ1) is 17.6. The van der Waals surface area contributed by atoms with Gasteiger partial charge in [-0.05, 0) is 43.7 Å². The minimum absolute atomic E-state index is 0.137. The molecule has 10 heteroatoms. The largest absolute Gasteiger partial charge is 0.493 e. The normalized spacial score (nSPS) is 19.3. The molecule has 0 aliphatic carbocycles. The molecule has 3 heterocycles. The fourth-order valence-electron chi connectivity index (χ4n) is 4.75. The molecule has 190 valence electrons. The van der Waals surface area contributed by atoms with Crippen molar-refractivity contribution in [2.75, 3.05) is 26.8 Å². The van der Waals surface area contributed by atoms with E-state index in [1.807, 2.05) is 18.2 Å². The molecule has 2 bridgehead atoms. The Labute approximate surface area is 209 Å². The van der Waals surface area contributed by atoms with Crippen LogP contribution in [0, 0.1) is 5.82 Å². The number of halogens is 1. The number of nitrogens with one attached hydrogen (secondary N) is 1. The number of hydrogen-bond acceptors (Lipinski definition) is 7. The van der Waals surface area contributed by atoms with Gasteiger partial charge >= 0.3 is 0 Å². The lowest BCUT2D eigenvalue weighted by atomic mass is 10.0. The molecule has 2 aromatic carbocycles. The number of fused-ring (bicyclic) bond motifs is 5. The van der Waals surface area contributed by atoms with Crippen molar-refractivity contribution < 1.29 is 23.4 Å². The van der Waals surface area contributed by atoms with Gasteiger partial charge in [-0.15, -0.1) is 5.10 Å². The molecule has 3 aromatic rings. The molecule has 36 heavy (non-hydrogen) atoms. The van der Waals surface area contributed by atoms with Crippen molar-refractivity contribution in [1.29, 1.82) is 0 Å². The molecule has 1 amide bonds. The Kier molecular flexibility index (Phi) is 7.31. The third-order valence-electron chi connectivity index (χ3n) is 6.62. The summed E-state index contributed by atoms with van der Waals surface area (Å²) in [5, 5.41) is 11.4. The standard InChI is InChI=1S/C26H30FN5O4/c1-34-24-7-4-5-18-15-31-10-3-2-6-21(31)14-28-26(33)22-13-19(27)8-9-23(22)35-12-11-32-16-20(29-30-32)17-36-25(18)24/h4-5,7-9,13,16,21H,2-3,6,10-12,14-15,17H2,1H3,(H,28,33). The van der Waals surface area contributed by atoms with Gasteiger partial charge in [-0.1, -0.05) is 23.8 Å². The summed E-state index contributed by atoms with van der Waals surface area (Å²) in [6.07, 6.45) is 4.91. The van der Waals surface area contributed by atoms with Crippen LogP contribution < -0.4 is 19.5 Å². The number of methoxy groups -OCH3 is 1. The first-order valence-corrected chi connectivity index (χ1v) is 12.2. The minimum atomic E-state index is -0.486. The molecule has 1 fully saturated rings. The van der Waals surface area contributed by atoms with Crippen LogP contribution in [-0.2, 0) is 19.7 Å². The summed E-state index contributed by atoms with van der Waals surface area (Å²) < 4.78 is 33.3. The van der Waals surface area contributed by atoms with Crippen molar-refractivity contribution in [3.05, 3.63) is 65.2 Å². The molecule has 1 unspecified atom stereocenters. The average molecular weight is 496 g/mol. The Morgan fingerprint density at radius 1 is 1.17 bits per heavy atom. The Morgan fingerprint density at radius 3 is 2.97 bits per heavy atom. The van der Waals surface area contributed by atoms with Crippen LogP contribution in [0.25, 0.3) is 0 Å². The van der Waals surface area contributed by atoms with Gasteiger partial charge in [0.15, 0.2) is 11.5 Å². The predicted molar refractivity (Wildman–Crippen MR) is 130 cm³/mol. The van der Waals surface area contributed by atoms with E-state index in [0.29, 0.717) is 42.6 Å².